The topological polar surface area (TPSA) is 92.3 Å². The van der Waals surface area contributed by atoms with E-state index in [1.807, 2.05) is 19.9 Å². The van der Waals surface area contributed by atoms with Crippen molar-refractivity contribution >= 4 is 33.0 Å². The number of halogens is 1. The maximum absolute atomic E-state index is 13.8. The molecule has 3 aromatic rings. The zero-order valence-electron chi connectivity index (χ0n) is 17.7. The largest absolute Gasteiger partial charge is 0.317 e. The first kappa shape index (κ1) is 22.5. The zero-order valence-corrected chi connectivity index (χ0v) is 19.3. The molecule has 32 heavy (non-hydrogen) atoms. The number of hydrogen-bond donors (Lipinski definition) is 1. The molecule has 1 aromatic heterocycles. The van der Waals surface area contributed by atoms with Crippen LogP contribution in [0.25, 0.3) is 0 Å². The number of nitrogens with one attached hydrogen (secondary N) is 1. The van der Waals surface area contributed by atoms with E-state index in [2.05, 4.69) is 15.5 Å². The van der Waals surface area contributed by atoms with E-state index in [-0.39, 0.29) is 16.6 Å². The van der Waals surface area contributed by atoms with Crippen molar-refractivity contribution in [1.29, 1.82) is 0 Å². The van der Waals surface area contributed by atoms with E-state index in [1.165, 1.54) is 16.4 Å². The van der Waals surface area contributed by atoms with E-state index >= 15 is 0 Å². The molecule has 2 heterocycles. The van der Waals surface area contributed by atoms with E-state index < -0.39 is 21.7 Å². The van der Waals surface area contributed by atoms with Crippen molar-refractivity contribution in [2.75, 3.05) is 18.4 Å². The van der Waals surface area contributed by atoms with Gasteiger partial charge in [0.05, 0.1) is 10.6 Å². The van der Waals surface area contributed by atoms with Crippen LogP contribution in [0.4, 0.5) is 10.1 Å². The van der Waals surface area contributed by atoms with Crippen LogP contribution in [-0.4, -0.2) is 41.9 Å². The summed E-state index contributed by atoms with van der Waals surface area (Å²) >= 11 is 1.16. The van der Waals surface area contributed by atoms with Crippen LogP contribution in [0.1, 0.15) is 44.7 Å². The van der Waals surface area contributed by atoms with E-state index in [0.29, 0.717) is 35.8 Å². The molecule has 4 rings (SSSR count). The number of nitrogens with zero attached hydrogens (tertiary/aromatic N) is 3. The lowest BCUT2D eigenvalue weighted by Gasteiger charge is -2.30. The van der Waals surface area contributed by atoms with Crippen LogP contribution in [0, 0.1) is 19.7 Å². The summed E-state index contributed by atoms with van der Waals surface area (Å²) in [6.07, 6.45) is 1.18. The third-order valence-corrected chi connectivity index (χ3v) is 8.66. The van der Waals surface area contributed by atoms with Gasteiger partial charge in [0.1, 0.15) is 10.8 Å². The van der Waals surface area contributed by atoms with E-state index in [4.69, 9.17) is 0 Å². The molecule has 0 radical (unpaired) electrons. The normalized spacial score (nSPS) is 15.6. The molecule has 1 fully saturated rings. The van der Waals surface area contributed by atoms with Gasteiger partial charge in [-0.2, -0.15) is 4.31 Å². The van der Waals surface area contributed by atoms with Gasteiger partial charge in [-0.15, -0.1) is 10.2 Å². The lowest BCUT2D eigenvalue weighted by Crippen LogP contribution is -2.37. The zero-order chi connectivity index (χ0) is 22.9. The molecule has 1 aliphatic rings. The Morgan fingerprint density at radius 1 is 1.09 bits per heavy atom. The first-order valence-electron chi connectivity index (χ1n) is 10.2. The van der Waals surface area contributed by atoms with Crippen molar-refractivity contribution in [2.45, 2.75) is 37.5 Å². The molecular formula is C22H23FN4O3S2. The Kier molecular flexibility index (Phi) is 6.36. The van der Waals surface area contributed by atoms with Crippen molar-refractivity contribution in [1.82, 2.24) is 14.5 Å². The number of aryl methyl sites for hydroxylation is 2. The third-order valence-electron chi connectivity index (χ3n) is 5.68. The quantitative estimate of drug-likeness (QED) is 0.601. The summed E-state index contributed by atoms with van der Waals surface area (Å²) < 4.78 is 41.3. The Morgan fingerprint density at radius 3 is 2.50 bits per heavy atom. The molecule has 0 aliphatic carbocycles. The van der Waals surface area contributed by atoms with E-state index in [1.54, 1.807) is 24.3 Å². The highest BCUT2D eigenvalue weighted by Crippen LogP contribution is 2.33. The molecule has 1 N–H and O–H groups in total. The predicted molar refractivity (Wildman–Crippen MR) is 121 cm³/mol. The number of carbonyl (C=O) groups is 1. The van der Waals surface area contributed by atoms with Gasteiger partial charge >= 0.3 is 0 Å². The second-order valence-corrected chi connectivity index (χ2v) is 10.8. The van der Waals surface area contributed by atoms with Crippen molar-refractivity contribution in [2.24, 2.45) is 0 Å². The van der Waals surface area contributed by atoms with Crippen LogP contribution in [0.15, 0.2) is 47.4 Å². The van der Waals surface area contributed by atoms with Gasteiger partial charge in [-0.1, -0.05) is 29.5 Å². The SMILES string of the molecule is Cc1ccc(S(=O)(=O)N2CCC(c3nnc(C(=O)Nc4ccccc4F)s3)CC2)cc1C. The minimum absolute atomic E-state index is 0.0220. The highest BCUT2D eigenvalue weighted by atomic mass is 32.2. The number of benzene rings is 2. The summed E-state index contributed by atoms with van der Waals surface area (Å²) in [6.45, 7) is 4.59. The first-order chi connectivity index (χ1) is 15.3. The minimum atomic E-state index is -3.55. The van der Waals surface area contributed by atoms with Crippen LogP contribution >= 0.6 is 11.3 Å². The van der Waals surface area contributed by atoms with Crippen molar-refractivity contribution in [3.05, 3.63) is 69.4 Å². The van der Waals surface area contributed by atoms with Crippen molar-refractivity contribution in [3.8, 4) is 0 Å². The smallest absolute Gasteiger partial charge is 0.286 e. The molecule has 0 saturated carbocycles. The maximum atomic E-state index is 13.8. The number of piperidine rings is 1. The number of rotatable bonds is 5. The second kappa shape index (κ2) is 9.05. The Bertz CT molecular complexity index is 1250. The van der Waals surface area contributed by atoms with Crippen LogP contribution in [0.5, 0.6) is 0 Å². The summed E-state index contributed by atoms with van der Waals surface area (Å²) in [6, 6.07) is 11.1. The van der Waals surface area contributed by atoms with Crippen LogP contribution in [-0.2, 0) is 10.0 Å². The predicted octanol–water partition coefficient (Wildman–Crippen LogP) is 4.11. The highest BCUT2D eigenvalue weighted by Gasteiger charge is 2.32. The maximum Gasteiger partial charge on any atom is 0.286 e. The molecule has 0 bridgehead atoms. The average Bonchev–Trinajstić information content (AvgIpc) is 3.28. The Labute approximate surface area is 190 Å². The molecule has 0 atom stereocenters. The van der Waals surface area contributed by atoms with Gasteiger partial charge in [0, 0.05) is 19.0 Å². The van der Waals surface area contributed by atoms with Gasteiger partial charge in [0.25, 0.3) is 5.91 Å². The molecule has 0 unspecified atom stereocenters. The fourth-order valence-corrected chi connectivity index (χ4v) is 6.06. The minimum Gasteiger partial charge on any atom is -0.317 e. The summed E-state index contributed by atoms with van der Waals surface area (Å²) in [7, 11) is -3.55. The molecule has 1 amide bonds. The summed E-state index contributed by atoms with van der Waals surface area (Å²) in [4.78, 5) is 12.7. The van der Waals surface area contributed by atoms with E-state index in [0.717, 1.165) is 22.5 Å². The van der Waals surface area contributed by atoms with Crippen LogP contribution in [0.3, 0.4) is 0 Å². The summed E-state index contributed by atoms with van der Waals surface area (Å²) in [5, 5.41) is 11.4. The Hall–Kier alpha value is -2.69. The van der Waals surface area contributed by atoms with Gasteiger partial charge in [0.2, 0.25) is 15.0 Å². The lowest BCUT2D eigenvalue weighted by molar-refractivity contribution is 0.102. The fourth-order valence-electron chi connectivity index (χ4n) is 3.60. The van der Waals surface area contributed by atoms with Crippen LogP contribution in [0.2, 0.25) is 0 Å². The highest BCUT2D eigenvalue weighted by molar-refractivity contribution is 7.89. The lowest BCUT2D eigenvalue weighted by atomic mass is 9.99. The van der Waals surface area contributed by atoms with Gasteiger partial charge in [0.15, 0.2) is 0 Å². The number of anilines is 1. The monoisotopic (exact) mass is 474 g/mol. The number of hydrogen-bond acceptors (Lipinski definition) is 6. The van der Waals surface area contributed by atoms with Crippen molar-refractivity contribution in [3.63, 3.8) is 0 Å². The molecule has 1 saturated heterocycles. The number of carbonyl (C=O) groups excluding carboxylic acids is 1. The molecule has 1 aliphatic heterocycles. The number of amides is 1. The van der Waals surface area contributed by atoms with E-state index in [9.17, 15) is 17.6 Å². The number of sulfonamides is 1. The summed E-state index contributed by atoms with van der Waals surface area (Å²) in [5.41, 5.74) is 2.07. The third kappa shape index (κ3) is 4.57. The second-order valence-electron chi connectivity index (χ2n) is 7.80. The van der Waals surface area contributed by atoms with Gasteiger partial charge in [-0.05, 0) is 62.1 Å². The molecule has 2 aromatic carbocycles. The van der Waals surface area contributed by atoms with Crippen molar-refractivity contribution < 1.29 is 17.6 Å². The number of aromatic nitrogens is 2. The summed E-state index contributed by atoms with van der Waals surface area (Å²) in [5.74, 6) is -1.02. The van der Waals surface area contributed by atoms with Gasteiger partial charge in [-0.25, -0.2) is 12.8 Å². The van der Waals surface area contributed by atoms with Crippen LogP contribution < -0.4 is 5.32 Å². The molecule has 0 spiro atoms. The molecular weight excluding hydrogens is 451 g/mol. The Morgan fingerprint density at radius 2 is 1.81 bits per heavy atom. The first-order valence-corrected chi connectivity index (χ1v) is 12.5. The number of para-hydroxylation sites is 1. The standard InChI is InChI=1S/C22H23FN4O3S2/c1-14-7-8-17(13-15(14)2)32(29,30)27-11-9-16(10-12-27)21-25-26-22(31-21)20(28)24-19-6-4-3-5-18(19)23/h3-8,13,16H,9-12H2,1-2H3,(H,24,28). The average molecular weight is 475 g/mol. The molecule has 168 valence electrons. The van der Waals surface area contributed by atoms with Gasteiger partial charge < -0.3 is 5.32 Å². The molecule has 10 heteroatoms. The Balaban J connectivity index is 1.40. The molecule has 7 nitrogen and oxygen atoms in total. The fraction of sp³-hybridized carbons (Fsp3) is 0.318. The van der Waals surface area contributed by atoms with Gasteiger partial charge in [-0.3, -0.25) is 4.79 Å².